The number of rotatable bonds is 9. The first-order valence-corrected chi connectivity index (χ1v) is 8.99. The van der Waals surface area contributed by atoms with Crippen LogP contribution in [0.15, 0.2) is 65.3 Å². The molecule has 136 valence electrons. The Balaban J connectivity index is 1.68. The van der Waals surface area contributed by atoms with E-state index in [4.69, 9.17) is 25.5 Å². The van der Waals surface area contributed by atoms with E-state index in [0.29, 0.717) is 42.8 Å². The lowest BCUT2D eigenvalue weighted by Gasteiger charge is -2.15. The molecule has 0 unspecified atom stereocenters. The van der Waals surface area contributed by atoms with Gasteiger partial charge in [0.15, 0.2) is 11.5 Å². The van der Waals surface area contributed by atoms with E-state index in [1.54, 1.807) is 6.26 Å². The van der Waals surface area contributed by atoms with E-state index in [1.165, 1.54) is 0 Å². The fourth-order valence-electron chi connectivity index (χ4n) is 2.56. The number of halogens is 1. The molecule has 1 heterocycles. The highest BCUT2D eigenvalue weighted by atomic mass is 35.5. The molecule has 0 fully saturated rings. The fraction of sp³-hybridized carbons (Fsp3) is 0.238. The van der Waals surface area contributed by atoms with Crippen LogP contribution in [-0.2, 0) is 19.7 Å². The van der Waals surface area contributed by atoms with Crippen LogP contribution < -0.4 is 14.8 Å². The number of nitrogens with one attached hydrogen (secondary N) is 1. The first-order chi connectivity index (χ1) is 12.8. The van der Waals surface area contributed by atoms with Gasteiger partial charge < -0.3 is 19.2 Å². The van der Waals surface area contributed by atoms with Crippen LogP contribution in [0.2, 0.25) is 5.02 Å². The molecule has 0 spiro atoms. The maximum atomic E-state index is 6.44. The molecular formula is C21H22ClNO3. The normalized spacial score (nSPS) is 10.7. The summed E-state index contributed by atoms with van der Waals surface area (Å²) in [5.41, 5.74) is 2.05. The molecule has 0 aliphatic heterocycles. The molecule has 0 aliphatic rings. The standard InChI is InChI=1S/C21H22ClNO3/c1-2-24-20-11-17(13-23-14-18-9-6-10-25-18)19(22)12-21(20)26-15-16-7-4-3-5-8-16/h3-12,23H,2,13-15H2,1H3. The zero-order valence-corrected chi connectivity index (χ0v) is 15.5. The quantitative estimate of drug-likeness (QED) is 0.561. The van der Waals surface area contributed by atoms with Crippen molar-refractivity contribution in [3.8, 4) is 11.5 Å². The van der Waals surface area contributed by atoms with Gasteiger partial charge in [0.1, 0.15) is 12.4 Å². The van der Waals surface area contributed by atoms with Crippen LogP contribution >= 0.6 is 11.6 Å². The molecule has 0 aliphatic carbocycles. The van der Waals surface area contributed by atoms with Crippen molar-refractivity contribution < 1.29 is 13.9 Å². The number of hydrogen-bond donors (Lipinski definition) is 1. The molecule has 0 saturated carbocycles. The average Bonchev–Trinajstić information content (AvgIpc) is 3.17. The minimum atomic E-state index is 0.466. The summed E-state index contributed by atoms with van der Waals surface area (Å²) in [6.07, 6.45) is 1.66. The minimum absolute atomic E-state index is 0.466. The van der Waals surface area contributed by atoms with E-state index in [0.717, 1.165) is 16.9 Å². The molecule has 0 radical (unpaired) electrons. The molecule has 0 saturated heterocycles. The molecule has 5 heteroatoms. The Labute approximate surface area is 158 Å². The molecule has 26 heavy (non-hydrogen) atoms. The number of ether oxygens (including phenoxy) is 2. The molecule has 3 aromatic rings. The predicted octanol–water partition coefficient (Wildman–Crippen LogP) is 5.20. The van der Waals surface area contributed by atoms with Gasteiger partial charge in [0.05, 0.1) is 19.4 Å². The summed E-state index contributed by atoms with van der Waals surface area (Å²) in [7, 11) is 0. The lowest BCUT2D eigenvalue weighted by atomic mass is 10.2. The topological polar surface area (TPSA) is 43.6 Å². The van der Waals surface area contributed by atoms with Crippen molar-refractivity contribution in [2.75, 3.05) is 6.61 Å². The van der Waals surface area contributed by atoms with Gasteiger partial charge in [0, 0.05) is 17.6 Å². The van der Waals surface area contributed by atoms with Gasteiger partial charge in [-0.3, -0.25) is 0 Å². The van der Waals surface area contributed by atoms with E-state index >= 15 is 0 Å². The Morgan fingerprint density at radius 2 is 1.77 bits per heavy atom. The summed E-state index contributed by atoms with van der Waals surface area (Å²) in [6, 6.07) is 17.6. The second-order valence-electron chi connectivity index (χ2n) is 5.78. The molecule has 0 atom stereocenters. The Morgan fingerprint density at radius 3 is 2.50 bits per heavy atom. The first kappa shape index (κ1) is 18.4. The maximum absolute atomic E-state index is 6.44. The third kappa shape index (κ3) is 5.04. The first-order valence-electron chi connectivity index (χ1n) is 8.61. The Kier molecular flexibility index (Phi) is 6.58. The van der Waals surface area contributed by atoms with Crippen LogP contribution in [0, 0.1) is 0 Å². The van der Waals surface area contributed by atoms with Crippen LogP contribution in [0.4, 0.5) is 0 Å². The van der Waals surface area contributed by atoms with Crippen LogP contribution in [0.5, 0.6) is 11.5 Å². The third-order valence-corrected chi connectivity index (χ3v) is 4.20. The van der Waals surface area contributed by atoms with Gasteiger partial charge in [-0.25, -0.2) is 0 Å². The number of furan rings is 1. The van der Waals surface area contributed by atoms with Crippen LogP contribution in [0.25, 0.3) is 0 Å². The van der Waals surface area contributed by atoms with Crippen molar-refractivity contribution in [1.29, 1.82) is 0 Å². The summed E-state index contributed by atoms with van der Waals surface area (Å²) >= 11 is 6.44. The van der Waals surface area contributed by atoms with Crippen molar-refractivity contribution in [2.24, 2.45) is 0 Å². The van der Waals surface area contributed by atoms with Gasteiger partial charge in [-0.05, 0) is 36.2 Å². The molecule has 1 aromatic heterocycles. The van der Waals surface area contributed by atoms with Crippen molar-refractivity contribution in [3.63, 3.8) is 0 Å². The van der Waals surface area contributed by atoms with Gasteiger partial charge in [-0.15, -0.1) is 0 Å². The minimum Gasteiger partial charge on any atom is -0.490 e. The van der Waals surface area contributed by atoms with Crippen molar-refractivity contribution in [1.82, 2.24) is 5.32 Å². The molecule has 1 N–H and O–H groups in total. The average molecular weight is 372 g/mol. The Hall–Kier alpha value is -2.43. The number of benzene rings is 2. The summed E-state index contributed by atoms with van der Waals surface area (Å²) in [4.78, 5) is 0. The van der Waals surface area contributed by atoms with Gasteiger partial charge in [0.2, 0.25) is 0 Å². The van der Waals surface area contributed by atoms with E-state index in [-0.39, 0.29) is 0 Å². The van der Waals surface area contributed by atoms with Gasteiger partial charge in [-0.2, -0.15) is 0 Å². The van der Waals surface area contributed by atoms with Crippen molar-refractivity contribution in [3.05, 3.63) is 82.8 Å². The molecule has 0 bridgehead atoms. The monoisotopic (exact) mass is 371 g/mol. The van der Waals surface area contributed by atoms with Crippen molar-refractivity contribution >= 4 is 11.6 Å². The zero-order valence-electron chi connectivity index (χ0n) is 14.7. The molecule has 2 aromatic carbocycles. The van der Waals surface area contributed by atoms with E-state index in [1.807, 2.05) is 61.5 Å². The molecule has 0 amide bonds. The fourth-order valence-corrected chi connectivity index (χ4v) is 2.78. The zero-order chi connectivity index (χ0) is 18.2. The molecule has 4 nitrogen and oxygen atoms in total. The highest BCUT2D eigenvalue weighted by Crippen LogP contribution is 2.34. The maximum Gasteiger partial charge on any atom is 0.163 e. The highest BCUT2D eigenvalue weighted by Gasteiger charge is 2.12. The molecule has 3 rings (SSSR count). The van der Waals surface area contributed by atoms with Crippen LogP contribution in [-0.4, -0.2) is 6.61 Å². The van der Waals surface area contributed by atoms with Crippen molar-refractivity contribution in [2.45, 2.75) is 26.6 Å². The Morgan fingerprint density at radius 1 is 0.962 bits per heavy atom. The van der Waals surface area contributed by atoms with Crippen LogP contribution in [0.1, 0.15) is 23.8 Å². The van der Waals surface area contributed by atoms with Gasteiger partial charge in [-0.1, -0.05) is 41.9 Å². The Bertz CT molecular complexity index is 804. The second-order valence-corrected chi connectivity index (χ2v) is 6.19. The SMILES string of the molecule is CCOc1cc(CNCc2ccco2)c(Cl)cc1OCc1ccccc1. The second kappa shape index (κ2) is 9.32. The van der Waals surface area contributed by atoms with E-state index in [9.17, 15) is 0 Å². The highest BCUT2D eigenvalue weighted by molar-refractivity contribution is 6.31. The summed E-state index contributed by atoms with van der Waals surface area (Å²) < 4.78 is 17.0. The molecular weight excluding hydrogens is 350 g/mol. The summed E-state index contributed by atoms with van der Waals surface area (Å²) in [5, 5.41) is 3.96. The summed E-state index contributed by atoms with van der Waals surface area (Å²) in [6.45, 7) is 4.22. The van der Waals surface area contributed by atoms with Gasteiger partial charge in [0.25, 0.3) is 0 Å². The number of hydrogen-bond acceptors (Lipinski definition) is 4. The van der Waals surface area contributed by atoms with Crippen LogP contribution in [0.3, 0.4) is 0 Å². The lowest BCUT2D eigenvalue weighted by Crippen LogP contribution is -2.13. The smallest absolute Gasteiger partial charge is 0.163 e. The van der Waals surface area contributed by atoms with E-state index < -0.39 is 0 Å². The van der Waals surface area contributed by atoms with E-state index in [2.05, 4.69) is 5.32 Å². The third-order valence-electron chi connectivity index (χ3n) is 3.84. The lowest BCUT2D eigenvalue weighted by molar-refractivity contribution is 0.269. The summed E-state index contributed by atoms with van der Waals surface area (Å²) in [5.74, 6) is 2.23. The van der Waals surface area contributed by atoms with Gasteiger partial charge >= 0.3 is 0 Å². The largest absolute Gasteiger partial charge is 0.490 e. The predicted molar refractivity (Wildman–Crippen MR) is 103 cm³/mol.